The summed E-state index contributed by atoms with van der Waals surface area (Å²) in [5.41, 5.74) is 1.98. The molecule has 1 aromatic heterocycles. The molecule has 0 aromatic carbocycles. The quantitative estimate of drug-likeness (QED) is 0.379. The summed E-state index contributed by atoms with van der Waals surface area (Å²) < 4.78 is 0. The lowest BCUT2D eigenvalue weighted by Gasteiger charge is -2.15. The molecular weight excluding hydrogens is 250 g/mol. The van der Waals surface area contributed by atoms with Crippen LogP contribution in [0.5, 0.6) is 0 Å². The lowest BCUT2D eigenvalue weighted by molar-refractivity contribution is -0.383. The van der Waals surface area contributed by atoms with Gasteiger partial charge in [0.05, 0.1) is 4.92 Å². The fraction of sp³-hybridized carbons (Fsp3) is 0.600. The van der Waals surface area contributed by atoms with Gasteiger partial charge < -0.3 is 15.6 Å². The first-order chi connectivity index (χ1) is 9.22. The van der Waals surface area contributed by atoms with Crippen LogP contribution in [0.15, 0.2) is 6.33 Å². The lowest BCUT2D eigenvalue weighted by Crippen LogP contribution is -2.26. The normalized spacial score (nSPS) is 15.4. The van der Waals surface area contributed by atoms with Gasteiger partial charge >= 0.3 is 5.69 Å². The van der Waals surface area contributed by atoms with Gasteiger partial charge in [-0.3, -0.25) is 10.1 Å². The van der Waals surface area contributed by atoms with Crippen LogP contribution in [0, 0.1) is 10.1 Å². The number of nitrogens with two attached hydrogens (primary N) is 1. The van der Waals surface area contributed by atoms with Crippen molar-refractivity contribution in [1.82, 2.24) is 14.9 Å². The van der Waals surface area contributed by atoms with Gasteiger partial charge in [-0.15, -0.1) is 0 Å². The zero-order valence-corrected chi connectivity index (χ0v) is 10.5. The number of hydrogen-bond donors (Lipinski definition) is 3. The van der Waals surface area contributed by atoms with Gasteiger partial charge in [0.25, 0.3) is 0 Å². The van der Waals surface area contributed by atoms with Crippen molar-refractivity contribution in [2.24, 2.45) is 5.84 Å². The molecule has 9 nitrogen and oxygen atoms in total. The third-order valence-corrected chi connectivity index (χ3v) is 3.06. The Hall–Kier alpha value is -2.00. The number of likely N-dealkylation sites (tertiary alicyclic amines) is 1. The Balaban J connectivity index is 2.00. The molecule has 2 heterocycles. The first kappa shape index (κ1) is 13.4. The number of hydrogen-bond acceptors (Lipinski definition) is 8. The summed E-state index contributed by atoms with van der Waals surface area (Å²) in [4.78, 5) is 20.4. The monoisotopic (exact) mass is 267 g/mol. The van der Waals surface area contributed by atoms with E-state index in [1.165, 1.54) is 19.2 Å². The summed E-state index contributed by atoms with van der Waals surface area (Å²) in [6.07, 6.45) is 3.67. The Morgan fingerprint density at radius 2 is 2.05 bits per heavy atom. The van der Waals surface area contributed by atoms with Crippen molar-refractivity contribution in [1.29, 1.82) is 0 Å². The molecule has 0 amide bonds. The second-order valence-electron chi connectivity index (χ2n) is 4.30. The molecule has 0 bridgehead atoms. The Morgan fingerprint density at radius 3 is 2.68 bits per heavy atom. The van der Waals surface area contributed by atoms with E-state index in [1.54, 1.807) is 0 Å². The molecule has 2 rings (SSSR count). The van der Waals surface area contributed by atoms with E-state index in [2.05, 4.69) is 25.6 Å². The van der Waals surface area contributed by atoms with Crippen molar-refractivity contribution in [2.45, 2.75) is 12.8 Å². The average Bonchev–Trinajstić information content (AvgIpc) is 2.91. The van der Waals surface area contributed by atoms with Crippen molar-refractivity contribution < 1.29 is 4.92 Å². The Labute approximate surface area is 110 Å². The lowest BCUT2D eigenvalue weighted by atomic mass is 10.4. The predicted octanol–water partition coefficient (Wildman–Crippen LogP) is 0.178. The highest BCUT2D eigenvalue weighted by Gasteiger charge is 2.22. The second kappa shape index (κ2) is 6.25. The van der Waals surface area contributed by atoms with Gasteiger partial charge in [-0.25, -0.2) is 15.8 Å². The van der Waals surface area contributed by atoms with Gasteiger partial charge in [-0.1, -0.05) is 0 Å². The molecule has 1 saturated heterocycles. The molecule has 0 spiro atoms. The molecule has 0 atom stereocenters. The van der Waals surface area contributed by atoms with E-state index >= 15 is 0 Å². The van der Waals surface area contributed by atoms with Crippen LogP contribution in [0.4, 0.5) is 17.3 Å². The van der Waals surface area contributed by atoms with Gasteiger partial charge in [0, 0.05) is 13.1 Å². The summed E-state index contributed by atoms with van der Waals surface area (Å²) in [5.74, 6) is 5.40. The van der Waals surface area contributed by atoms with Crippen molar-refractivity contribution in [2.75, 3.05) is 36.9 Å². The maximum Gasteiger partial charge on any atom is 0.354 e. The van der Waals surface area contributed by atoms with E-state index in [-0.39, 0.29) is 17.3 Å². The van der Waals surface area contributed by atoms with E-state index in [4.69, 9.17) is 5.84 Å². The maximum absolute atomic E-state index is 11.0. The molecule has 0 aliphatic carbocycles. The SMILES string of the molecule is NNc1ncnc(NCCN2CCCC2)c1[N+](=O)[O-]. The Bertz CT molecular complexity index is 448. The first-order valence-electron chi connectivity index (χ1n) is 6.14. The molecule has 9 heteroatoms. The largest absolute Gasteiger partial charge is 0.363 e. The molecule has 0 radical (unpaired) electrons. The molecule has 1 aliphatic rings. The van der Waals surface area contributed by atoms with Crippen molar-refractivity contribution in [3.8, 4) is 0 Å². The molecule has 0 saturated carbocycles. The highest BCUT2D eigenvalue weighted by Crippen LogP contribution is 2.27. The van der Waals surface area contributed by atoms with E-state index in [0.717, 1.165) is 19.6 Å². The van der Waals surface area contributed by atoms with Crippen molar-refractivity contribution >= 4 is 17.3 Å². The van der Waals surface area contributed by atoms with Crippen LogP contribution in [-0.2, 0) is 0 Å². The number of nitrogen functional groups attached to an aromatic ring is 1. The van der Waals surface area contributed by atoms with E-state index in [0.29, 0.717) is 6.54 Å². The fourth-order valence-corrected chi connectivity index (χ4v) is 2.13. The Kier molecular flexibility index (Phi) is 4.42. The number of nitrogens with one attached hydrogen (secondary N) is 2. The standard InChI is InChI=1S/C10H17N7O2/c11-15-10-8(17(18)19)9(13-7-14-10)12-3-6-16-4-1-2-5-16/h7H,1-6,11H2,(H2,12,13,14,15). The number of rotatable bonds is 6. The fourth-order valence-electron chi connectivity index (χ4n) is 2.13. The summed E-state index contributed by atoms with van der Waals surface area (Å²) in [6, 6.07) is 0. The van der Waals surface area contributed by atoms with E-state index in [9.17, 15) is 10.1 Å². The van der Waals surface area contributed by atoms with Crippen molar-refractivity contribution in [3.63, 3.8) is 0 Å². The molecule has 4 N–H and O–H groups in total. The van der Waals surface area contributed by atoms with Gasteiger partial charge in [0.2, 0.25) is 11.6 Å². The average molecular weight is 267 g/mol. The van der Waals surface area contributed by atoms with Crippen LogP contribution in [0.25, 0.3) is 0 Å². The first-order valence-corrected chi connectivity index (χ1v) is 6.14. The molecule has 19 heavy (non-hydrogen) atoms. The number of anilines is 2. The third kappa shape index (κ3) is 3.26. The third-order valence-electron chi connectivity index (χ3n) is 3.06. The van der Waals surface area contributed by atoms with Crippen LogP contribution >= 0.6 is 0 Å². The zero-order valence-electron chi connectivity index (χ0n) is 10.5. The topological polar surface area (TPSA) is 122 Å². The maximum atomic E-state index is 11.0. The number of aromatic nitrogens is 2. The molecule has 1 fully saturated rings. The van der Waals surface area contributed by atoms with Gasteiger partial charge in [-0.2, -0.15) is 0 Å². The predicted molar refractivity (Wildman–Crippen MR) is 70.7 cm³/mol. The molecular formula is C10H17N7O2. The summed E-state index contributed by atoms with van der Waals surface area (Å²) in [5, 5.41) is 14.0. The van der Waals surface area contributed by atoms with Crippen LogP contribution in [0.3, 0.4) is 0 Å². The number of hydrazine groups is 1. The summed E-state index contributed by atoms with van der Waals surface area (Å²) >= 11 is 0. The van der Waals surface area contributed by atoms with Crippen molar-refractivity contribution in [3.05, 3.63) is 16.4 Å². The number of nitrogens with zero attached hydrogens (tertiary/aromatic N) is 4. The second-order valence-corrected chi connectivity index (χ2v) is 4.30. The minimum absolute atomic E-state index is 0.00340. The van der Waals surface area contributed by atoms with Gasteiger partial charge in [0.1, 0.15) is 6.33 Å². The molecule has 0 unspecified atom stereocenters. The number of nitro groups is 1. The minimum Gasteiger partial charge on any atom is -0.363 e. The van der Waals surface area contributed by atoms with Crippen LogP contribution in [0.1, 0.15) is 12.8 Å². The zero-order chi connectivity index (χ0) is 13.7. The van der Waals surface area contributed by atoms with Gasteiger partial charge in [-0.05, 0) is 25.9 Å². The summed E-state index contributed by atoms with van der Waals surface area (Å²) in [7, 11) is 0. The van der Waals surface area contributed by atoms with E-state index in [1.807, 2.05) is 0 Å². The highest BCUT2D eigenvalue weighted by molar-refractivity contribution is 5.68. The molecule has 104 valence electrons. The Morgan fingerprint density at radius 1 is 1.37 bits per heavy atom. The van der Waals surface area contributed by atoms with Gasteiger partial charge in [0.15, 0.2) is 0 Å². The highest BCUT2D eigenvalue weighted by atomic mass is 16.6. The van der Waals surface area contributed by atoms with Crippen LogP contribution in [0.2, 0.25) is 0 Å². The molecule has 1 aliphatic heterocycles. The van der Waals surface area contributed by atoms with Crippen LogP contribution < -0.4 is 16.6 Å². The smallest absolute Gasteiger partial charge is 0.354 e. The van der Waals surface area contributed by atoms with E-state index < -0.39 is 4.92 Å². The summed E-state index contributed by atoms with van der Waals surface area (Å²) in [6.45, 7) is 3.61. The minimum atomic E-state index is -0.548. The molecule has 1 aromatic rings. The van der Waals surface area contributed by atoms with Crippen LogP contribution in [-0.4, -0.2) is 46.0 Å².